The molecule has 7 heteroatoms. The van der Waals surface area contributed by atoms with Crippen molar-refractivity contribution in [1.29, 1.82) is 0 Å². The van der Waals surface area contributed by atoms with E-state index in [2.05, 4.69) is 29.0 Å². The third kappa shape index (κ3) is 4.86. The van der Waals surface area contributed by atoms with E-state index in [1.807, 2.05) is 25.9 Å². The number of nitrogens with two attached hydrogens (primary N) is 1. The van der Waals surface area contributed by atoms with Gasteiger partial charge in [-0.15, -0.1) is 0 Å². The van der Waals surface area contributed by atoms with Gasteiger partial charge in [0.1, 0.15) is 10.7 Å². The summed E-state index contributed by atoms with van der Waals surface area (Å²) in [6.45, 7) is 8.42. The Morgan fingerprint density at radius 1 is 1.43 bits per heavy atom. The van der Waals surface area contributed by atoms with Gasteiger partial charge in [0.05, 0.1) is 0 Å². The van der Waals surface area contributed by atoms with Gasteiger partial charge < -0.3 is 20.9 Å². The summed E-state index contributed by atoms with van der Waals surface area (Å²) in [6, 6.07) is 0.131. The van der Waals surface area contributed by atoms with Gasteiger partial charge in [0.25, 0.3) is 5.91 Å². The van der Waals surface area contributed by atoms with Crippen LogP contribution >= 0.6 is 11.3 Å². The quantitative estimate of drug-likeness (QED) is 0.767. The lowest BCUT2D eigenvalue weighted by Crippen LogP contribution is -2.43. The number of amides is 1. The van der Waals surface area contributed by atoms with Gasteiger partial charge in [-0.25, -0.2) is 4.98 Å². The van der Waals surface area contributed by atoms with Crippen molar-refractivity contribution >= 4 is 28.2 Å². The monoisotopic (exact) mass is 313 g/mol. The summed E-state index contributed by atoms with van der Waals surface area (Å²) in [5, 5.41) is 3.89. The van der Waals surface area contributed by atoms with Crippen LogP contribution in [0, 0.1) is 0 Å². The summed E-state index contributed by atoms with van der Waals surface area (Å²) < 4.78 is 0. The smallest absolute Gasteiger partial charge is 0.268 e. The Labute approximate surface area is 131 Å². The highest BCUT2D eigenvalue weighted by Gasteiger charge is 2.25. The molecular weight excluding hydrogens is 286 g/mol. The van der Waals surface area contributed by atoms with Crippen LogP contribution in [0.1, 0.15) is 36.9 Å². The summed E-state index contributed by atoms with van der Waals surface area (Å²) in [7, 11) is 4.01. The molecule has 1 heterocycles. The van der Waals surface area contributed by atoms with Gasteiger partial charge in [-0.1, -0.05) is 18.3 Å². The zero-order chi connectivity index (χ0) is 16.0. The maximum atomic E-state index is 12.7. The molecular formula is C14H27N5OS. The summed E-state index contributed by atoms with van der Waals surface area (Å²) in [5.41, 5.74) is 5.91. The van der Waals surface area contributed by atoms with Crippen LogP contribution in [0.15, 0.2) is 0 Å². The first-order valence-corrected chi connectivity index (χ1v) is 8.18. The van der Waals surface area contributed by atoms with Crippen LogP contribution in [-0.4, -0.2) is 60.5 Å². The van der Waals surface area contributed by atoms with Crippen LogP contribution in [0.5, 0.6) is 0 Å². The van der Waals surface area contributed by atoms with Gasteiger partial charge in [-0.05, 0) is 34.4 Å². The molecule has 0 aliphatic carbocycles. The van der Waals surface area contributed by atoms with Gasteiger partial charge in [0.2, 0.25) is 0 Å². The fraction of sp³-hybridized carbons (Fsp3) is 0.714. The molecule has 0 aromatic carbocycles. The minimum Gasteiger partial charge on any atom is -0.382 e. The van der Waals surface area contributed by atoms with Crippen molar-refractivity contribution in [2.75, 3.05) is 44.8 Å². The Balaban J connectivity index is 2.87. The highest BCUT2D eigenvalue weighted by Crippen LogP contribution is 2.27. The average molecular weight is 313 g/mol. The summed E-state index contributed by atoms with van der Waals surface area (Å²) >= 11 is 1.34. The summed E-state index contributed by atoms with van der Waals surface area (Å²) in [6.07, 6.45) is 1.00. The molecule has 3 N–H and O–H groups in total. The predicted octanol–water partition coefficient (Wildman–Crippen LogP) is 1.96. The summed E-state index contributed by atoms with van der Waals surface area (Å²) in [4.78, 5) is 21.4. The second-order valence-electron chi connectivity index (χ2n) is 5.36. The lowest BCUT2D eigenvalue weighted by atomic mass is 10.2. The Kier molecular flexibility index (Phi) is 6.91. The minimum absolute atomic E-state index is 0.0357. The molecule has 1 rings (SSSR count). The molecule has 0 bridgehead atoms. The van der Waals surface area contributed by atoms with E-state index < -0.39 is 0 Å². The highest BCUT2D eigenvalue weighted by atomic mass is 32.1. The van der Waals surface area contributed by atoms with Crippen LogP contribution in [-0.2, 0) is 0 Å². The fourth-order valence-electron chi connectivity index (χ4n) is 2.21. The van der Waals surface area contributed by atoms with E-state index >= 15 is 0 Å². The van der Waals surface area contributed by atoms with Crippen molar-refractivity contribution in [3.05, 3.63) is 4.88 Å². The Morgan fingerprint density at radius 3 is 2.62 bits per heavy atom. The lowest BCUT2D eigenvalue weighted by Gasteiger charge is -2.29. The van der Waals surface area contributed by atoms with Crippen molar-refractivity contribution in [2.24, 2.45) is 0 Å². The van der Waals surface area contributed by atoms with Crippen LogP contribution < -0.4 is 11.1 Å². The number of carbonyl (C=O) groups excluding carboxylic acids is 1. The third-order valence-corrected chi connectivity index (χ3v) is 4.15. The molecule has 0 aliphatic rings. The molecule has 0 saturated carbocycles. The normalized spacial score (nSPS) is 12.5. The van der Waals surface area contributed by atoms with Crippen molar-refractivity contribution in [1.82, 2.24) is 14.8 Å². The lowest BCUT2D eigenvalue weighted by molar-refractivity contribution is 0.0685. The molecule has 0 radical (unpaired) electrons. The molecule has 6 nitrogen and oxygen atoms in total. The van der Waals surface area contributed by atoms with Crippen molar-refractivity contribution < 1.29 is 4.79 Å². The standard InChI is InChI=1S/C14H27N5OS/c1-6-8-16-14-17-12(15)11(21-14)13(20)19(7-2)10(3)9-18(4)5/h10H,6-9,15H2,1-5H3,(H,16,17). The van der Waals surface area contributed by atoms with Crippen LogP contribution in [0.4, 0.5) is 10.9 Å². The summed E-state index contributed by atoms with van der Waals surface area (Å²) in [5.74, 6) is 0.283. The minimum atomic E-state index is -0.0357. The van der Waals surface area contributed by atoms with E-state index in [1.165, 1.54) is 11.3 Å². The van der Waals surface area contributed by atoms with Crippen molar-refractivity contribution in [3.8, 4) is 0 Å². The molecule has 1 aromatic rings. The topological polar surface area (TPSA) is 74.5 Å². The van der Waals surface area contributed by atoms with Gasteiger partial charge in [-0.2, -0.15) is 0 Å². The van der Waals surface area contributed by atoms with Gasteiger partial charge in [-0.3, -0.25) is 4.79 Å². The molecule has 21 heavy (non-hydrogen) atoms. The van der Waals surface area contributed by atoms with E-state index in [4.69, 9.17) is 5.73 Å². The molecule has 1 aromatic heterocycles. The molecule has 0 spiro atoms. The van der Waals surface area contributed by atoms with Crippen LogP contribution in [0.3, 0.4) is 0 Å². The Hall–Kier alpha value is -1.34. The fourth-order valence-corrected chi connectivity index (χ4v) is 3.07. The molecule has 1 atom stereocenters. The van der Waals surface area contributed by atoms with E-state index in [9.17, 15) is 4.79 Å². The predicted molar refractivity (Wildman–Crippen MR) is 90.0 cm³/mol. The molecule has 0 aliphatic heterocycles. The van der Waals surface area contributed by atoms with Gasteiger partial charge in [0, 0.05) is 25.7 Å². The van der Waals surface area contributed by atoms with Crippen LogP contribution in [0.25, 0.3) is 0 Å². The van der Waals surface area contributed by atoms with E-state index in [0.717, 1.165) is 19.5 Å². The van der Waals surface area contributed by atoms with Crippen molar-refractivity contribution in [2.45, 2.75) is 33.2 Å². The largest absolute Gasteiger partial charge is 0.382 e. The second kappa shape index (κ2) is 8.19. The average Bonchev–Trinajstić information content (AvgIpc) is 2.77. The number of aromatic nitrogens is 1. The number of hydrogen-bond donors (Lipinski definition) is 2. The number of likely N-dealkylation sites (N-methyl/N-ethyl adjacent to an activating group) is 2. The Morgan fingerprint density at radius 2 is 2.10 bits per heavy atom. The van der Waals surface area contributed by atoms with Crippen LogP contribution in [0.2, 0.25) is 0 Å². The number of anilines is 2. The van der Waals surface area contributed by atoms with Crippen molar-refractivity contribution in [3.63, 3.8) is 0 Å². The third-order valence-electron chi connectivity index (χ3n) is 3.14. The zero-order valence-electron chi connectivity index (χ0n) is 13.6. The first kappa shape index (κ1) is 17.7. The maximum Gasteiger partial charge on any atom is 0.268 e. The highest BCUT2D eigenvalue weighted by molar-refractivity contribution is 7.18. The van der Waals surface area contributed by atoms with Gasteiger partial charge in [0.15, 0.2) is 5.13 Å². The maximum absolute atomic E-state index is 12.7. The van der Waals surface area contributed by atoms with E-state index in [1.54, 1.807) is 0 Å². The van der Waals surface area contributed by atoms with E-state index in [0.29, 0.717) is 22.4 Å². The molecule has 120 valence electrons. The SMILES string of the molecule is CCCNc1nc(N)c(C(=O)N(CC)C(C)CN(C)C)s1. The number of hydrogen-bond acceptors (Lipinski definition) is 6. The first-order chi connectivity index (χ1) is 9.90. The number of nitrogen functional groups attached to an aromatic ring is 1. The molecule has 0 saturated heterocycles. The molecule has 1 amide bonds. The van der Waals surface area contributed by atoms with Gasteiger partial charge >= 0.3 is 0 Å². The molecule has 1 unspecified atom stereocenters. The number of nitrogens with zero attached hydrogens (tertiary/aromatic N) is 3. The number of nitrogens with one attached hydrogen (secondary N) is 1. The number of carbonyl (C=O) groups is 1. The number of rotatable bonds is 8. The molecule has 0 fully saturated rings. The zero-order valence-corrected chi connectivity index (χ0v) is 14.5. The number of thiazole rings is 1. The second-order valence-corrected chi connectivity index (χ2v) is 6.36. The van der Waals surface area contributed by atoms with E-state index in [-0.39, 0.29) is 11.9 Å². The Bertz CT molecular complexity index is 460. The first-order valence-electron chi connectivity index (χ1n) is 7.36.